The minimum absolute atomic E-state index is 0.147. The number of nitrogen functional groups attached to an aromatic ring is 1. The number of benzene rings is 3. The summed E-state index contributed by atoms with van der Waals surface area (Å²) in [5.41, 5.74) is 13.6. The van der Waals surface area contributed by atoms with Crippen molar-refractivity contribution in [1.82, 2.24) is 9.55 Å². The number of fused-ring (bicyclic) bond motifs is 1. The maximum absolute atomic E-state index is 13.3. The summed E-state index contributed by atoms with van der Waals surface area (Å²) in [5.74, 6) is 0.765. The van der Waals surface area contributed by atoms with Gasteiger partial charge >= 0.3 is 0 Å². The first-order chi connectivity index (χ1) is 14.9. The van der Waals surface area contributed by atoms with E-state index >= 15 is 0 Å². The second kappa shape index (κ2) is 8.44. The molecule has 0 spiro atoms. The molecule has 4 rings (SSSR count). The van der Waals surface area contributed by atoms with Crippen LogP contribution in [0, 0.1) is 0 Å². The molecule has 3 N–H and O–H groups in total. The number of para-hydroxylation sites is 1. The van der Waals surface area contributed by atoms with E-state index in [2.05, 4.69) is 29.4 Å². The standard InChI is InChI=1S/C25H25N5O/c1-16(2)18-10-14-21(15-11-18)30-24(31)22-6-4-5-7-23(22)27-25(30)29-28-17(3)19-8-12-20(26)13-9-19/h4-16H,26H2,1-3H3,(H,27,29)/b28-17-. The molecule has 0 radical (unpaired) electrons. The van der Waals surface area contributed by atoms with Crippen molar-refractivity contribution in [1.29, 1.82) is 0 Å². The summed E-state index contributed by atoms with van der Waals surface area (Å²) in [5, 5.41) is 5.03. The molecule has 31 heavy (non-hydrogen) atoms. The normalized spacial score (nSPS) is 11.8. The van der Waals surface area contributed by atoms with Gasteiger partial charge in [0.25, 0.3) is 5.56 Å². The minimum atomic E-state index is -0.147. The highest BCUT2D eigenvalue weighted by Crippen LogP contribution is 2.20. The summed E-state index contributed by atoms with van der Waals surface area (Å²) in [6.07, 6.45) is 0. The topological polar surface area (TPSA) is 85.3 Å². The van der Waals surface area contributed by atoms with E-state index < -0.39 is 0 Å². The van der Waals surface area contributed by atoms with Crippen LogP contribution in [0.4, 0.5) is 11.6 Å². The van der Waals surface area contributed by atoms with Gasteiger partial charge in [0, 0.05) is 5.69 Å². The van der Waals surface area contributed by atoms with E-state index in [9.17, 15) is 4.79 Å². The number of nitrogens with two attached hydrogens (primary N) is 1. The molecule has 0 aliphatic carbocycles. The number of rotatable bonds is 5. The van der Waals surface area contributed by atoms with Gasteiger partial charge in [-0.3, -0.25) is 4.79 Å². The number of hydrogen-bond acceptors (Lipinski definition) is 5. The molecule has 3 aromatic carbocycles. The van der Waals surface area contributed by atoms with Gasteiger partial charge in [0.15, 0.2) is 0 Å². The van der Waals surface area contributed by atoms with Crippen molar-refractivity contribution in [3.05, 3.63) is 94.3 Å². The molecular weight excluding hydrogens is 386 g/mol. The van der Waals surface area contributed by atoms with Gasteiger partial charge in [0.2, 0.25) is 5.95 Å². The Bertz CT molecular complexity index is 1300. The highest BCUT2D eigenvalue weighted by atomic mass is 16.1. The zero-order valence-corrected chi connectivity index (χ0v) is 17.8. The highest BCUT2D eigenvalue weighted by molar-refractivity contribution is 5.99. The summed E-state index contributed by atoms with van der Waals surface area (Å²) in [4.78, 5) is 18.0. The van der Waals surface area contributed by atoms with E-state index in [-0.39, 0.29) is 5.56 Å². The molecule has 1 heterocycles. The van der Waals surface area contributed by atoms with Crippen LogP contribution in [0.5, 0.6) is 0 Å². The van der Waals surface area contributed by atoms with Crippen LogP contribution in [0.25, 0.3) is 16.6 Å². The van der Waals surface area contributed by atoms with Crippen LogP contribution in [0.3, 0.4) is 0 Å². The van der Waals surface area contributed by atoms with Crippen LogP contribution in [-0.2, 0) is 0 Å². The van der Waals surface area contributed by atoms with Crippen LogP contribution in [0.1, 0.15) is 37.8 Å². The second-order valence-corrected chi connectivity index (χ2v) is 7.77. The molecule has 0 saturated heterocycles. The Hall–Kier alpha value is -3.93. The summed E-state index contributed by atoms with van der Waals surface area (Å²) < 4.78 is 1.56. The molecule has 0 bridgehead atoms. The van der Waals surface area contributed by atoms with Crippen molar-refractivity contribution in [3.63, 3.8) is 0 Å². The Morgan fingerprint density at radius 1 is 1.00 bits per heavy atom. The third-order valence-corrected chi connectivity index (χ3v) is 5.25. The maximum atomic E-state index is 13.3. The molecule has 6 heteroatoms. The lowest BCUT2D eigenvalue weighted by Gasteiger charge is -2.14. The number of anilines is 2. The van der Waals surface area contributed by atoms with Crippen LogP contribution in [0.2, 0.25) is 0 Å². The highest BCUT2D eigenvalue weighted by Gasteiger charge is 2.13. The lowest BCUT2D eigenvalue weighted by molar-refractivity contribution is 0.863. The van der Waals surface area contributed by atoms with Crippen molar-refractivity contribution in [3.8, 4) is 5.69 Å². The number of hydrazone groups is 1. The summed E-state index contributed by atoms with van der Waals surface area (Å²) in [7, 11) is 0. The minimum Gasteiger partial charge on any atom is -0.399 e. The molecule has 0 unspecified atom stereocenters. The fourth-order valence-corrected chi connectivity index (χ4v) is 3.38. The van der Waals surface area contributed by atoms with E-state index in [4.69, 9.17) is 5.73 Å². The molecule has 4 aromatic rings. The lowest BCUT2D eigenvalue weighted by Crippen LogP contribution is -2.23. The van der Waals surface area contributed by atoms with Crippen molar-refractivity contribution < 1.29 is 0 Å². The van der Waals surface area contributed by atoms with Crippen LogP contribution in [0.15, 0.2) is 82.7 Å². The Kier molecular flexibility index (Phi) is 5.54. The van der Waals surface area contributed by atoms with Gasteiger partial charge in [-0.2, -0.15) is 5.10 Å². The molecule has 0 amide bonds. The first-order valence-electron chi connectivity index (χ1n) is 10.2. The fourth-order valence-electron chi connectivity index (χ4n) is 3.38. The molecule has 0 aliphatic rings. The van der Waals surface area contributed by atoms with E-state index in [1.54, 1.807) is 10.6 Å². The SMILES string of the molecule is C/C(=N/Nc1nc2ccccc2c(=O)n1-c1ccc(C(C)C)cc1)c1ccc(N)cc1. The zero-order valence-electron chi connectivity index (χ0n) is 17.8. The van der Waals surface area contributed by atoms with Crippen molar-refractivity contribution in [2.45, 2.75) is 26.7 Å². The first kappa shape index (κ1) is 20.3. The maximum Gasteiger partial charge on any atom is 0.267 e. The molecule has 0 atom stereocenters. The Morgan fingerprint density at radius 3 is 2.35 bits per heavy atom. The first-order valence-corrected chi connectivity index (χ1v) is 10.2. The molecule has 0 saturated carbocycles. The monoisotopic (exact) mass is 411 g/mol. The van der Waals surface area contributed by atoms with Gasteiger partial charge in [0.05, 0.1) is 22.3 Å². The summed E-state index contributed by atoms with van der Waals surface area (Å²) in [6, 6.07) is 22.7. The van der Waals surface area contributed by atoms with Gasteiger partial charge < -0.3 is 5.73 Å². The van der Waals surface area contributed by atoms with Crippen molar-refractivity contribution in [2.75, 3.05) is 11.2 Å². The van der Waals surface area contributed by atoms with E-state index in [0.717, 1.165) is 17.0 Å². The van der Waals surface area contributed by atoms with Gasteiger partial charge in [-0.1, -0.05) is 50.2 Å². The molecular formula is C25H25N5O. The third-order valence-electron chi connectivity index (χ3n) is 5.25. The average molecular weight is 412 g/mol. The number of aromatic nitrogens is 2. The Labute approximate surface area is 181 Å². The summed E-state index contributed by atoms with van der Waals surface area (Å²) >= 11 is 0. The van der Waals surface area contributed by atoms with Crippen molar-refractivity contribution >= 4 is 28.3 Å². The average Bonchev–Trinajstić information content (AvgIpc) is 2.78. The molecule has 156 valence electrons. The summed E-state index contributed by atoms with van der Waals surface area (Å²) in [6.45, 7) is 6.17. The quantitative estimate of drug-likeness (QED) is 0.277. The van der Waals surface area contributed by atoms with Crippen molar-refractivity contribution in [2.24, 2.45) is 5.10 Å². The van der Waals surface area contributed by atoms with E-state index in [1.165, 1.54) is 5.56 Å². The van der Waals surface area contributed by atoms with E-state index in [1.807, 2.05) is 73.7 Å². The van der Waals surface area contributed by atoms with E-state index in [0.29, 0.717) is 28.5 Å². The fraction of sp³-hybridized carbons (Fsp3) is 0.160. The number of hydrogen-bond donors (Lipinski definition) is 2. The number of nitrogens with one attached hydrogen (secondary N) is 1. The largest absolute Gasteiger partial charge is 0.399 e. The Morgan fingerprint density at radius 2 is 1.68 bits per heavy atom. The molecule has 0 fully saturated rings. The van der Waals surface area contributed by atoms with Crippen LogP contribution < -0.4 is 16.7 Å². The molecule has 1 aromatic heterocycles. The third kappa shape index (κ3) is 4.19. The Balaban J connectivity index is 1.81. The van der Waals surface area contributed by atoms with Gasteiger partial charge in [-0.25, -0.2) is 15.0 Å². The van der Waals surface area contributed by atoms with Gasteiger partial charge in [0.1, 0.15) is 0 Å². The predicted octanol–water partition coefficient (Wildman–Crippen LogP) is 4.93. The lowest BCUT2D eigenvalue weighted by atomic mass is 10.0. The van der Waals surface area contributed by atoms with Gasteiger partial charge in [-0.15, -0.1) is 0 Å². The second-order valence-electron chi connectivity index (χ2n) is 7.77. The smallest absolute Gasteiger partial charge is 0.267 e. The molecule has 6 nitrogen and oxygen atoms in total. The van der Waals surface area contributed by atoms with Crippen LogP contribution >= 0.6 is 0 Å². The molecule has 0 aliphatic heterocycles. The zero-order chi connectivity index (χ0) is 22.0. The number of nitrogens with zero attached hydrogens (tertiary/aromatic N) is 3. The predicted molar refractivity (Wildman–Crippen MR) is 128 cm³/mol. The van der Waals surface area contributed by atoms with Gasteiger partial charge in [-0.05, 0) is 60.4 Å². The van der Waals surface area contributed by atoms with Crippen LogP contribution in [-0.4, -0.2) is 15.3 Å².